The molecule has 2 aliphatic heterocycles. The number of hydrogen-bond acceptors (Lipinski definition) is 5. The van der Waals surface area contributed by atoms with Crippen molar-refractivity contribution >= 4 is 27.9 Å². The monoisotopic (exact) mass is 316 g/mol. The van der Waals surface area contributed by atoms with E-state index in [1.54, 1.807) is 0 Å². The molecule has 4 atom stereocenters. The number of fused-ring (bicyclic) bond motifs is 2. The first-order valence-electron chi connectivity index (χ1n) is 5.29. The molecule has 0 unspecified atom stereocenters. The molecule has 0 N–H and O–H groups in total. The summed E-state index contributed by atoms with van der Waals surface area (Å²) in [5, 5.41) is 0. The molecule has 2 aliphatic rings. The van der Waals surface area contributed by atoms with Gasteiger partial charge in [-0.2, -0.15) is 0 Å². The summed E-state index contributed by atoms with van der Waals surface area (Å²) < 4.78 is 14.0. The molecular formula is C12H13BrO5. The maximum absolute atomic E-state index is 11.9. The average molecular weight is 317 g/mol. The third-order valence-electron chi connectivity index (χ3n) is 3.45. The fourth-order valence-electron chi connectivity index (χ4n) is 2.50. The number of hydrogen-bond donors (Lipinski definition) is 0. The van der Waals surface area contributed by atoms with Crippen LogP contribution in [0.3, 0.4) is 0 Å². The first-order chi connectivity index (χ1) is 8.38. The summed E-state index contributed by atoms with van der Waals surface area (Å²) in [5.41, 5.74) is 1.16. The summed E-state index contributed by atoms with van der Waals surface area (Å²) in [4.78, 5) is 23.7. The van der Waals surface area contributed by atoms with Crippen molar-refractivity contribution in [2.24, 2.45) is 11.8 Å². The summed E-state index contributed by atoms with van der Waals surface area (Å²) in [6.07, 6.45) is -0.603. The van der Waals surface area contributed by atoms with Crippen LogP contribution in [-0.2, 0) is 23.8 Å². The molecule has 0 aliphatic carbocycles. The Hall–Kier alpha value is -1.14. The lowest BCUT2D eigenvalue weighted by atomic mass is 9.75. The molecule has 6 heteroatoms. The van der Waals surface area contributed by atoms with Gasteiger partial charge in [0.15, 0.2) is 4.51 Å². The van der Waals surface area contributed by atoms with Crippen molar-refractivity contribution in [2.75, 3.05) is 14.2 Å². The Balaban J connectivity index is 2.47. The zero-order valence-electron chi connectivity index (χ0n) is 10.1. The fraction of sp³-hybridized carbons (Fsp3) is 0.500. The van der Waals surface area contributed by atoms with E-state index in [-0.39, 0.29) is 0 Å². The maximum atomic E-state index is 11.9. The van der Waals surface area contributed by atoms with Gasteiger partial charge in [0, 0.05) is 0 Å². The molecule has 98 valence electrons. The highest BCUT2D eigenvalue weighted by molar-refractivity contribution is 9.10. The molecule has 0 saturated carbocycles. The van der Waals surface area contributed by atoms with Gasteiger partial charge in [-0.25, -0.2) is 0 Å². The van der Waals surface area contributed by atoms with Gasteiger partial charge in [-0.3, -0.25) is 9.59 Å². The zero-order chi connectivity index (χ0) is 13.7. The standard InChI is InChI=1S/C12H13BrO5/c1-5-6(2)12(13)8(11(15)17-4)7(9(5)18-12)10(14)16-3/h7-9H,1-2H2,3-4H3/t7-,8+,9+,12-/m1/s1. The molecule has 5 nitrogen and oxygen atoms in total. The zero-order valence-corrected chi connectivity index (χ0v) is 11.7. The Morgan fingerprint density at radius 3 is 2.33 bits per heavy atom. The van der Waals surface area contributed by atoms with Gasteiger partial charge < -0.3 is 14.2 Å². The number of carbonyl (C=O) groups is 2. The molecule has 2 bridgehead atoms. The quantitative estimate of drug-likeness (QED) is 0.565. The van der Waals surface area contributed by atoms with Gasteiger partial charge in [-0.1, -0.05) is 13.2 Å². The number of alkyl halides is 1. The Kier molecular flexibility index (Phi) is 3.11. The van der Waals surface area contributed by atoms with Crippen LogP contribution >= 0.6 is 15.9 Å². The highest BCUT2D eigenvalue weighted by atomic mass is 79.9. The van der Waals surface area contributed by atoms with E-state index >= 15 is 0 Å². The van der Waals surface area contributed by atoms with Crippen molar-refractivity contribution in [3.63, 3.8) is 0 Å². The van der Waals surface area contributed by atoms with E-state index < -0.39 is 34.4 Å². The molecule has 2 rings (SSSR count). The van der Waals surface area contributed by atoms with E-state index in [2.05, 4.69) is 29.1 Å². The van der Waals surface area contributed by atoms with Crippen molar-refractivity contribution in [1.82, 2.24) is 0 Å². The molecule has 18 heavy (non-hydrogen) atoms. The van der Waals surface area contributed by atoms with E-state index in [0.717, 1.165) is 0 Å². The van der Waals surface area contributed by atoms with E-state index in [4.69, 9.17) is 14.2 Å². The number of halogens is 1. The third kappa shape index (κ3) is 1.48. The van der Waals surface area contributed by atoms with E-state index in [1.807, 2.05) is 0 Å². The molecule has 0 radical (unpaired) electrons. The normalized spacial score (nSPS) is 37.8. The van der Waals surface area contributed by atoms with Crippen LogP contribution in [-0.4, -0.2) is 36.8 Å². The minimum atomic E-state index is -1.12. The number of esters is 2. The number of ether oxygens (including phenoxy) is 3. The van der Waals surface area contributed by atoms with Crippen molar-refractivity contribution in [3.8, 4) is 0 Å². The first kappa shape index (κ1) is 13.3. The molecule has 0 aromatic heterocycles. The highest BCUT2D eigenvalue weighted by Crippen LogP contribution is 2.59. The summed E-state index contributed by atoms with van der Waals surface area (Å²) in [5.74, 6) is -2.65. The van der Waals surface area contributed by atoms with Crippen molar-refractivity contribution in [3.05, 3.63) is 24.3 Å². The molecular weight excluding hydrogens is 304 g/mol. The molecule has 0 aromatic carbocycles. The summed E-state index contributed by atoms with van der Waals surface area (Å²) in [6.45, 7) is 7.68. The molecule has 2 saturated heterocycles. The van der Waals surface area contributed by atoms with Crippen LogP contribution in [0.1, 0.15) is 0 Å². The maximum Gasteiger partial charge on any atom is 0.313 e. The molecule has 0 amide bonds. The van der Waals surface area contributed by atoms with Gasteiger partial charge in [0.25, 0.3) is 0 Å². The molecule has 2 fully saturated rings. The minimum Gasteiger partial charge on any atom is -0.469 e. The minimum absolute atomic E-state index is 0.523. The van der Waals surface area contributed by atoms with Crippen molar-refractivity contribution in [2.45, 2.75) is 10.6 Å². The van der Waals surface area contributed by atoms with Crippen LogP contribution < -0.4 is 0 Å². The van der Waals surface area contributed by atoms with E-state index in [1.165, 1.54) is 14.2 Å². The topological polar surface area (TPSA) is 61.8 Å². The largest absolute Gasteiger partial charge is 0.469 e. The molecule has 2 heterocycles. The van der Waals surface area contributed by atoms with E-state index in [0.29, 0.717) is 11.1 Å². The lowest BCUT2D eigenvalue weighted by molar-refractivity contribution is -0.157. The van der Waals surface area contributed by atoms with Crippen LogP contribution in [0.4, 0.5) is 0 Å². The van der Waals surface area contributed by atoms with Gasteiger partial charge in [0.05, 0.1) is 20.3 Å². The van der Waals surface area contributed by atoms with Gasteiger partial charge >= 0.3 is 11.9 Å². The Morgan fingerprint density at radius 1 is 1.28 bits per heavy atom. The van der Waals surface area contributed by atoms with Gasteiger partial charge in [-0.05, 0) is 27.1 Å². The first-order valence-corrected chi connectivity index (χ1v) is 6.08. The Bertz CT molecular complexity index is 457. The lowest BCUT2D eigenvalue weighted by Gasteiger charge is -2.31. The summed E-state index contributed by atoms with van der Waals surface area (Å²) in [7, 11) is 2.53. The molecule has 0 aromatic rings. The second-order valence-electron chi connectivity index (χ2n) is 4.24. The second kappa shape index (κ2) is 4.20. The number of methoxy groups -OCH3 is 2. The van der Waals surface area contributed by atoms with Gasteiger partial charge in [-0.15, -0.1) is 0 Å². The number of rotatable bonds is 2. The molecule has 0 spiro atoms. The van der Waals surface area contributed by atoms with Crippen LogP contribution in [0.15, 0.2) is 24.3 Å². The highest BCUT2D eigenvalue weighted by Gasteiger charge is 2.68. The van der Waals surface area contributed by atoms with E-state index in [9.17, 15) is 9.59 Å². The van der Waals surface area contributed by atoms with Crippen LogP contribution in [0.5, 0.6) is 0 Å². The van der Waals surface area contributed by atoms with Crippen molar-refractivity contribution in [1.29, 1.82) is 0 Å². The Morgan fingerprint density at radius 2 is 1.83 bits per heavy atom. The predicted octanol–water partition coefficient (Wildman–Crippen LogP) is 1.18. The number of carbonyl (C=O) groups excluding carboxylic acids is 2. The van der Waals surface area contributed by atoms with Crippen molar-refractivity contribution < 1.29 is 23.8 Å². The lowest BCUT2D eigenvalue weighted by Crippen LogP contribution is -2.44. The van der Waals surface area contributed by atoms with Gasteiger partial charge in [0.1, 0.15) is 11.8 Å². The Labute approximate surface area is 113 Å². The second-order valence-corrected chi connectivity index (χ2v) is 5.42. The van der Waals surface area contributed by atoms with Crippen LogP contribution in [0.25, 0.3) is 0 Å². The average Bonchev–Trinajstić information content (AvgIpc) is 2.79. The SMILES string of the molecule is C=C1C(=C)[C@@]2(Br)O[C@@H]1[C@H](C(=O)OC)[C@H]2C(=O)OC. The van der Waals surface area contributed by atoms with Crippen LogP contribution in [0, 0.1) is 11.8 Å². The van der Waals surface area contributed by atoms with Gasteiger partial charge in [0.2, 0.25) is 0 Å². The predicted molar refractivity (Wildman–Crippen MR) is 65.8 cm³/mol. The smallest absolute Gasteiger partial charge is 0.313 e. The summed E-state index contributed by atoms with van der Waals surface area (Å²) >= 11 is 3.35. The fourth-order valence-corrected chi connectivity index (χ4v) is 3.42. The van der Waals surface area contributed by atoms with Crippen LogP contribution in [0.2, 0.25) is 0 Å². The summed E-state index contributed by atoms with van der Waals surface area (Å²) in [6, 6.07) is 0. The third-order valence-corrected chi connectivity index (χ3v) is 4.61.